The fourth-order valence-electron chi connectivity index (χ4n) is 12.6. The van der Waals surface area contributed by atoms with Crippen LogP contribution in [0.1, 0.15) is 450 Å². The molecule has 490 valence electrons. The maximum atomic E-state index is 12.5. The first-order valence-corrected chi connectivity index (χ1v) is 38.3. The molecule has 0 aromatic rings. The Kier molecular flexibility index (Phi) is 71.3. The molecule has 2 unspecified atom stereocenters. The first-order chi connectivity index (χ1) is 40.5. The molecular weight excluding hydrogens is 1010 g/mol. The molecule has 82 heavy (non-hydrogen) atoms. The lowest BCUT2D eigenvalue weighted by Crippen LogP contribution is -2.45. The van der Waals surface area contributed by atoms with E-state index in [9.17, 15) is 19.8 Å². The minimum absolute atomic E-state index is 0.0264. The van der Waals surface area contributed by atoms with E-state index in [4.69, 9.17) is 4.74 Å². The highest BCUT2D eigenvalue weighted by atomic mass is 16.5. The first-order valence-electron chi connectivity index (χ1n) is 38.3. The van der Waals surface area contributed by atoms with Crippen LogP contribution in [0.2, 0.25) is 0 Å². The van der Waals surface area contributed by atoms with Crippen molar-refractivity contribution in [3.05, 3.63) is 0 Å². The van der Waals surface area contributed by atoms with Crippen molar-refractivity contribution in [3.63, 3.8) is 0 Å². The van der Waals surface area contributed by atoms with Crippen LogP contribution in [0.3, 0.4) is 0 Å². The smallest absolute Gasteiger partial charge is 0.305 e. The summed E-state index contributed by atoms with van der Waals surface area (Å²) < 4.78 is 5.52. The van der Waals surface area contributed by atoms with Gasteiger partial charge in [0.2, 0.25) is 5.91 Å². The van der Waals surface area contributed by atoms with E-state index in [2.05, 4.69) is 19.2 Å². The number of esters is 1. The summed E-state index contributed by atoms with van der Waals surface area (Å²) in [5.41, 5.74) is 0. The van der Waals surface area contributed by atoms with E-state index in [-0.39, 0.29) is 18.5 Å². The largest absolute Gasteiger partial charge is 0.466 e. The average molecular weight is 1160 g/mol. The summed E-state index contributed by atoms with van der Waals surface area (Å²) in [5, 5.41) is 23.4. The highest BCUT2D eigenvalue weighted by Crippen LogP contribution is 2.20. The van der Waals surface area contributed by atoms with E-state index in [0.717, 1.165) is 38.5 Å². The molecule has 0 fully saturated rings. The Morgan fingerprint density at radius 1 is 0.293 bits per heavy atom. The van der Waals surface area contributed by atoms with Crippen LogP contribution in [0, 0.1) is 0 Å². The second kappa shape index (κ2) is 72.3. The number of carbonyl (C=O) groups excluding carboxylic acids is 2. The topological polar surface area (TPSA) is 95.9 Å². The molecule has 0 spiro atoms. The maximum Gasteiger partial charge on any atom is 0.305 e. The standard InChI is InChI=1S/C76H151NO5/c1-3-5-7-9-11-13-15-17-19-21-34-38-42-46-50-54-58-62-66-70-76(81)82-71-67-63-59-55-51-47-43-39-36-33-31-29-27-25-23-22-24-26-28-30-32-35-37-41-45-49-53-57-61-65-69-75(80)77-73(72-78)74(79)68-64-60-56-52-48-44-40-20-18-16-14-12-10-8-6-4-2/h73-74,78-79H,3-72H2,1-2H3,(H,77,80). The molecule has 1 amide bonds. The van der Waals surface area contributed by atoms with E-state index >= 15 is 0 Å². The van der Waals surface area contributed by atoms with Crippen LogP contribution < -0.4 is 5.32 Å². The number of hydrogen-bond acceptors (Lipinski definition) is 5. The fourth-order valence-corrected chi connectivity index (χ4v) is 12.6. The number of rotatable bonds is 73. The van der Waals surface area contributed by atoms with Gasteiger partial charge in [-0.05, 0) is 25.7 Å². The van der Waals surface area contributed by atoms with Gasteiger partial charge in [-0.2, -0.15) is 0 Å². The van der Waals surface area contributed by atoms with E-state index in [0.29, 0.717) is 25.9 Å². The Balaban J connectivity index is 3.30. The predicted octanol–water partition coefficient (Wildman–Crippen LogP) is 24.9. The number of aliphatic hydroxyl groups excluding tert-OH is 2. The molecule has 6 nitrogen and oxygen atoms in total. The van der Waals surface area contributed by atoms with Gasteiger partial charge in [0, 0.05) is 12.8 Å². The molecule has 0 saturated carbocycles. The number of ether oxygens (including phenoxy) is 1. The van der Waals surface area contributed by atoms with Crippen molar-refractivity contribution in [2.24, 2.45) is 0 Å². The van der Waals surface area contributed by atoms with Crippen molar-refractivity contribution in [2.45, 2.75) is 463 Å². The third-order valence-electron chi connectivity index (χ3n) is 18.4. The number of aliphatic hydroxyl groups is 2. The third kappa shape index (κ3) is 68.0. The van der Waals surface area contributed by atoms with Gasteiger partial charge in [0.25, 0.3) is 0 Å². The Labute approximate surface area is 515 Å². The molecular formula is C76H151NO5. The van der Waals surface area contributed by atoms with Gasteiger partial charge in [-0.25, -0.2) is 0 Å². The Bertz CT molecular complexity index is 1200. The van der Waals surface area contributed by atoms with Gasteiger partial charge in [-0.15, -0.1) is 0 Å². The molecule has 0 heterocycles. The minimum Gasteiger partial charge on any atom is -0.466 e. The summed E-state index contributed by atoms with van der Waals surface area (Å²) in [6.45, 7) is 5.01. The van der Waals surface area contributed by atoms with Crippen LogP contribution in [0.4, 0.5) is 0 Å². The number of nitrogens with one attached hydrogen (secondary N) is 1. The normalized spacial score (nSPS) is 12.4. The average Bonchev–Trinajstić information content (AvgIpc) is 3.48. The van der Waals surface area contributed by atoms with Gasteiger partial charge in [0.05, 0.1) is 25.4 Å². The van der Waals surface area contributed by atoms with Gasteiger partial charge >= 0.3 is 5.97 Å². The summed E-state index contributed by atoms with van der Waals surface area (Å²) in [5.74, 6) is -0.000139. The lowest BCUT2D eigenvalue weighted by molar-refractivity contribution is -0.143. The van der Waals surface area contributed by atoms with E-state index in [1.54, 1.807) is 0 Å². The number of carbonyl (C=O) groups is 2. The second-order valence-corrected chi connectivity index (χ2v) is 26.7. The van der Waals surface area contributed by atoms with E-state index in [1.165, 1.54) is 379 Å². The van der Waals surface area contributed by atoms with Gasteiger partial charge in [-0.1, -0.05) is 412 Å². The molecule has 6 heteroatoms. The van der Waals surface area contributed by atoms with Gasteiger partial charge in [-0.3, -0.25) is 9.59 Å². The van der Waals surface area contributed by atoms with E-state index < -0.39 is 12.1 Å². The zero-order valence-electron chi connectivity index (χ0n) is 56.3. The predicted molar refractivity (Wildman–Crippen MR) is 361 cm³/mol. The van der Waals surface area contributed by atoms with Crippen molar-refractivity contribution < 1.29 is 24.5 Å². The van der Waals surface area contributed by atoms with Crippen LogP contribution >= 0.6 is 0 Å². The van der Waals surface area contributed by atoms with Crippen molar-refractivity contribution >= 4 is 11.9 Å². The first kappa shape index (κ1) is 80.9. The highest BCUT2D eigenvalue weighted by Gasteiger charge is 2.20. The number of hydrogen-bond donors (Lipinski definition) is 3. The van der Waals surface area contributed by atoms with Crippen LogP contribution in [-0.4, -0.2) is 47.4 Å². The van der Waals surface area contributed by atoms with Crippen LogP contribution in [-0.2, 0) is 14.3 Å². The molecule has 0 aromatic carbocycles. The van der Waals surface area contributed by atoms with Gasteiger partial charge in [0.1, 0.15) is 0 Å². The van der Waals surface area contributed by atoms with Crippen LogP contribution in [0.5, 0.6) is 0 Å². The quantitative estimate of drug-likeness (QED) is 0.0417. The summed E-state index contributed by atoms with van der Waals surface area (Å²) in [6, 6.07) is -0.537. The van der Waals surface area contributed by atoms with Crippen molar-refractivity contribution in [1.29, 1.82) is 0 Å². The molecule has 0 aliphatic heterocycles. The SMILES string of the molecule is CCCCCCCCCCCCCCCCCCCCCC(=O)OCCCCCCCCCCCCCCCCCCCCCCCCCCCCCCCCC(=O)NC(CO)C(O)CCCCCCCCCCCCCCCCCC. The Hall–Kier alpha value is -1.14. The Morgan fingerprint density at radius 2 is 0.500 bits per heavy atom. The highest BCUT2D eigenvalue weighted by molar-refractivity contribution is 5.76. The molecule has 0 saturated heterocycles. The number of unbranched alkanes of at least 4 members (excludes halogenated alkanes) is 62. The molecule has 3 N–H and O–H groups in total. The second-order valence-electron chi connectivity index (χ2n) is 26.7. The lowest BCUT2D eigenvalue weighted by Gasteiger charge is -2.22. The summed E-state index contributed by atoms with van der Waals surface area (Å²) in [4.78, 5) is 24.7. The lowest BCUT2D eigenvalue weighted by atomic mass is 10.0. The fraction of sp³-hybridized carbons (Fsp3) is 0.974. The summed E-state index contributed by atoms with van der Waals surface area (Å²) in [6.07, 6.45) is 89.0. The van der Waals surface area contributed by atoms with Crippen molar-refractivity contribution in [2.75, 3.05) is 13.2 Å². The van der Waals surface area contributed by atoms with Crippen LogP contribution in [0.15, 0.2) is 0 Å². The summed E-state index contributed by atoms with van der Waals surface area (Å²) in [7, 11) is 0. The Morgan fingerprint density at radius 3 is 0.744 bits per heavy atom. The monoisotopic (exact) mass is 1160 g/mol. The van der Waals surface area contributed by atoms with E-state index in [1.807, 2.05) is 0 Å². The molecule has 0 aliphatic rings. The van der Waals surface area contributed by atoms with Gasteiger partial charge < -0.3 is 20.3 Å². The molecule has 0 bridgehead atoms. The zero-order valence-corrected chi connectivity index (χ0v) is 56.3. The molecule has 2 atom stereocenters. The maximum absolute atomic E-state index is 12.5. The number of amides is 1. The zero-order chi connectivity index (χ0) is 59.2. The van der Waals surface area contributed by atoms with Crippen molar-refractivity contribution in [1.82, 2.24) is 5.32 Å². The molecule has 0 rings (SSSR count). The minimum atomic E-state index is -0.661. The third-order valence-corrected chi connectivity index (χ3v) is 18.4. The molecule has 0 aliphatic carbocycles. The molecule has 0 aromatic heterocycles. The summed E-state index contributed by atoms with van der Waals surface area (Å²) >= 11 is 0. The van der Waals surface area contributed by atoms with Crippen molar-refractivity contribution in [3.8, 4) is 0 Å². The van der Waals surface area contributed by atoms with Gasteiger partial charge in [0.15, 0.2) is 0 Å². The van der Waals surface area contributed by atoms with Crippen LogP contribution in [0.25, 0.3) is 0 Å². The molecule has 0 radical (unpaired) electrons.